The first-order chi connectivity index (χ1) is 11.6. The molecule has 4 aliphatic carbocycles. The van der Waals surface area contributed by atoms with E-state index in [9.17, 15) is 24.9 Å². The second-order valence-corrected chi connectivity index (χ2v) is 8.94. The summed E-state index contributed by atoms with van der Waals surface area (Å²) in [6.07, 6.45) is 4.11. The van der Waals surface area contributed by atoms with Gasteiger partial charge in [-0.15, -0.1) is 0 Å². The minimum atomic E-state index is -1.27. The number of fused-ring (bicyclic) bond motifs is 1. The molecule has 0 aromatic heterocycles. The first-order valence-electron chi connectivity index (χ1n) is 8.86. The number of aliphatic carboxylic acids is 1. The van der Waals surface area contributed by atoms with Crippen LogP contribution in [0.15, 0.2) is 24.3 Å². The number of rotatable bonds is 1. The summed E-state index contributed by atoms with van der Waals surface area (Å²) in [4.78, 5) is 25.1. The average Bonchev–Trinajstić information content (AvgIpc) is 2.95. The van der Waals surface area contributed by atoms with Gasteiger partial charge in [-0.25, -0.2) is 0 Å². The van der Waals surface area contributed by atoms with Crippen molar-refractivity contribution < 1.29 is 29.6 Å². The van der Waals surface area contributed by atoms with Gasteiger partial charge in [0.15, 0.2) is 0 Å². The average molecular weight is 346 g/mol. The maximum absolute atomic E-state index is 12.7. The Labute approximate surface area is 145 Å². The molecule has 1 spiro atoms. The lowest BCUT2D eigenvalue weighted by Crippen LogP contribution is -2.50. The smallest absolute Gasteiger partial charge is 0.316 e. The van der Waals surface area contributed by atoms with Crippen molar-refractivity contribution in [3.05, 3.63) is 24.3 Å². The molecule has 8 atom stereocenters. The van der Waals surface area contributed by atoms with E-state index < -0.39 is 51.9 Å². The number of ether oxygens (including phenoxy) is 1. The van der Waals surface area contributed by atoms with Gasteiger partial charge in [-0.3, -0.25) is 9.59 Å². The molecule has 5 aliphatic rings. The number of carbonyl (C=O) groups is 2. The van der Waals surface area contributed by atoms with Crippen LogP contribution < -0.4 is 0 Å². The fourth-order valence-electron chi connectivity index (χ4n) is 7.13. The lowest BCUT2D eigenvalue weighted by molar-refractivity contribution is -0.163. The van der Waals surface area contributed by atoms with E-state index in [2.05, 4.69) is 6.58 Å². The van der Waals surface area contributed by atoms with E-state index in [1.54, 1.807) is 19.1 Å². The number of hydrogen-bond acceptors (Lipinski definition) is 5. The molecule has 4 bridgehead atoms. The molecule has 0 radical (unpaired) electrons. The number of esters is 1. The zero-order valence-electron chi connectivity index (χ0n) is 14.1. The topological polar surface area (TPSA) is 104 Å². The molecule has 3 N–H and O–H groups in total. The molecule has 3 unspecified atom stereocenters. The quantitative estimate of drug-likeness (QED) is 0.484. The summed E-state index contributed by atoms with van der Waals surface area (Å²) in [5.41, 5.74) is -3.29. The van der Waals surface area contributed by atoms with Crippen LogP contribution in [0.2, 0.25) is 0 Å². The molecule has 134 valence electrons. The van der Waals surface area contributed by atoms with Crippen molar-refractivity contribution in [2.24, 2.45) is 28.6 Å². The van der Waals surface area contributed by atoms with Crippen LogP contribution in [0.4, 0.5) is 0 Å². The fraction of sp³-hybridized carbons (Fsp3) is 0.684. The van der Waals surface area contributed by atoms with Gasteiger partial charge >= 0.3 is 11.9 Å². The highest BCUT2D eigenvalue weighted by Gasteiger charge is 2.83. The van der Waals surface area contributed by atoms with Crippen LogP contribution in [0, 0.1) is 28.6 Å². The Hall–Kier alpha value is -1.66. The number of carbonyl (C=O) groups excluding carboxylic acids is 1. The largest absolute Gasteiger partial charge is 0.481 e. The van der Waals surface area contributed by atoms with Crippen LogP contribution in [0.5, 0.6) is 0 Å². The number of carboxylic acids is 1. The van der Waals surface area contributed by atoms with Gasteiger partial charge in [0.1, 0.15) is 11.0 Å². The van der Waals surface area contributed by atoms with E-state index in [1.165, 1.54) is 0 Å². The van der Waals surface area contributed by atoms with Gasteiger partial charge in [-0.2, -0.15) is 0 Å². The Balaban J connectivity index is 1.78. The van der Waals surface area contributed by atoms with Crippen molar-refractivity contribution in [2.45, 2.75) is 49.9 Å². The third-order valence-electron chi connectivity index (χ3n) is 8.12. The summed E-state index contributed by atoms with van der Waals surface area (Å²) in [5.74, 6) is -3.18. The second-order valence-electron chi connectivity index (χ2n) is 8.94. The number of hydrogen-bond donors (Lipinski definition) is 3. The predicted molar refractivity (Wildman–Crippen MR) is 85.2 cm³/mol. The van der Waals surface area contributed by atoms with Crippen molar-refractivity contribution >= 4 is 11.9 Å². The van der Waals surface area contributed by atoms with Gasteiger partial charge in [-0.05, 0) is 49.7 Å². The van der Waals surface area contributed by atoms with Crippen LogP contribution in [-0.2, 0) is 14.3 Å². The van der Waals surface area contributed by atoms with E-state index in [0.717, 1.165) is 0 Å². The molecule has 4 fully saturated rings. The Morgan fingerprint density at radius 1 is 1.44 bits per heavy atom. The van der Waals surface area contributed by atoms with Crippen LogP contribution in [0.25, 0.3) is 0 Å². The molecule has 1 aliphatic heterocycles. The van der Waals surface area contributed by atoms with Gasteiger partial charge in [0.05, 0.1) is 17.6 Å². The lowest BCUT2D eigenvalue weighted by Gasteiger charge is -2.44. The van der Waals surface area contributed by atoms with Crippen LogP contribution >= 0.6 is 0 Å². The fourth-order valence-corrected chi connectivity index (χ4v) is 7.13. The standard InChI is InChI=1S/C19H22O6/c1-9-7-17-8-18(9,24)5-3-10(17)19-6-4-11(20)16(2,15(23)25-19)13(19)12(17)14(21)22/h4,6,10-13,20,24H,1,3,5,7-8H2,2H3,(H,21,22)/t10?,11-,12?,13+,16+,17-,18-,19?/m0/s1. The van der Waals surface area contributed by atoms with Gasteiger partial charge < -0.3 is 20.1 Å². The number of aliphatic hydroxyl groups is 2. The zero-order chi connectivity index (χ0) is 18.0. The molecule has 5 rings (SSSR count). The van der Waals surface area contributed by atoms with Gasteiger partial charge in [0.2, 0.25) is 0 Å². The summed E-state index contributed by atoms with van der Waals surface area (Å²) in [6.45, 7) is 5.64. The monoisotopic (exact) mass is 346 g/mol. The maximum Gasteiger partial charge on any atom is 0.316 e. The Kier molecular flexibility index (Phi) is 2.50. The molecular weight excluding hydrogens is 324 g/mol. The molecule has 1 saturated heterocycles. The summed E-state index contributed by atoms with van der Waals surface area (Å²) >= 11 is 0. The Morgan fingerprint density at radius 3 is 2.84 bits per heavy atom. The highest BCUT2D eigenvalue weighted by Crippen LogP contribution is 2.77. The van der Waals surface area contributed by atoms with Crippen molar-refractivity contribution in [1.82, 2.24) is 0 Å². The third kappa shape index (κ3) is 1.36. The summed E-state index contributed by atoms with van der Waals surface area (Å²) < 4.78 is 5.87. The van der Waals surface area contributed by atoms with Gasteiger partial charge in [0.25, 0.3) is 0 Å². The van der Waals surface area contributed by atoms with Crippen molar-refractivity contribution in [3.63, 3.8) is 0 Å². The van der Waals surface area contributed by atoms with E-state index in [1.807, 2.05) is 0 Å². The zero-order valence-corrected chi connectivity index (χ0v) is 14.1. The first-order valence-corrected chi connectivity index (χ1v) is 8.86. The van der Waals surface area contributed by atoms with Crippen molar-refractivity contribution in [3.8, 4) is 0 Å². The third-order valence-corrected chi connectivity index (χ3v) is 8.12. The highest BCUT2D eigenvalue weighted by molar-refractivity contribution is 5.86. The second kappa shape index (κ2) is 4.01. The van der Waals surface area contributed by atoms with Gasteiger partial charge in [-0.1, -0.05) is 12.7 Å². The highest BCUT2D eigenvalue weighted by atomic mass is 16.6. The van der Waals surface area contributed by atoms with E-state index in [-0.39, 0.29) is 5.92 Å². The Morgan fingerprint density at radius 2 is 2.16 bits per heavy atom. The molecule has 6 heteroatoms. The van der Waals surface area contributed by atoms with Crippen LogP contribution in [-0.4, -0.2) is 44.6 Å². The molecule has 3 saturated carbocycles. The van der Waals surface area contributed by atoms with Crippen molar-refractivity contribution in [1.29, 1.82) is 0 Å². The maximum atomic E-state index is 12.7. The normalized spacial score (nSPS) is 58.0. The molecule has 0 aromatic carbocycles. The minimum Gasteiger partial charge on any atom is -0.481 e. The van der Waals surface area contributed by atoms with Gasteiger partial charge in [0, 0.05) is 11.8 Å². The molecule has 6 nitrogen and oxygen atoms in total. The van der Waals surface area contributed by atoms with E-state index in [0.29, 0.717) is 31.3 Å². The predicted octanol–water partition coefficient (Wildman–Crippen LogP) is 1.03. The molecule has 25 heavy (non-hydrogen) atoms. The number of carboxylic acid groups (broad SMARTS) is 1. The van der Waals surface area contributed by atoms with Crippen LogP contribution in [0.3, 0.4) is 0 Å². The van der Waals surface area contributed by atoms with E-state index in [4.69, 9.17) is 4.74 Å². The van der Waals surface area contributed by atoms with Crippen LogP contribution in [0.1, 0.15) is 32.6 Å². The Bertz CT molecular complexity index is 772. The summed E-state index contributed by atoms with van der Waals surface area (Å²) in [7, 11) is 0. The minimum absolute atomic E-state index is 0.180. The first kappa shape index (κ1) is 15.6. The molecule has 0 aromatic rings. The van der Waals surface area contributed by atoms with Crippen molar-refractivity contribution in [2.75, 3.05) is 0 Å². The molecule has 1 heterocycles. The summed E-state index contributed by atoms with van der Waals surface area (Å²) in [5, 5.41) is 31.6. The SMILES string of the molecule is C=C1C[C@]23C[C@@]1(O)CCC2C12C=C[C@H](O)[C@@](C)(C(=O)O1)[C@H]2C3C(=O)O. The lowest BCUT2D eigenvalue weighted by atomic mass is 9.61. The van der Waals surface area contributed by atoms with E-state index >= 15 is 0 Å². The molecule has 0 amide bonds. The summed E-state index contributed by atoms with van der Waals surface area (Å²) in [6, 6.07) is 0. The molecular formula is C19H22O6. The number of aliphatic hydroxyl groups excluding tert-OH is 1.